The lowest BCUT2D eigenvalue weighted by Crippen LogP contribution is -2.38. The summed E-state index contributed by atoms with van der Waals surface area (Å²) in [4.78, 5) is 11.8. The Kier molecular flexibility index (Phi) is 3.72. The Morgan fingerprint density at radius 1 is 1.33 bits per heavy atom. The number of carbonyl (C=O) groups is 1. The van der Waals surface area contributed by atoms with Crippen molar-refractivity contribution >= 4 is 5.97 Å². The largest absolute Gasteiger partial charge is 0.462 e. The van der Waals surface area contributed by atoms with E-state index in [9.17, 15) is 4.79 Å². The summed E-state index contributed by atoms with van der Waals surface area (Å²) in [5.41, 5.74) is 0.485. The summed E-state index contributed by atoms with van der Waals surface area (Å²) < 4.78 is 10.7. The van der Waals surface area contributed by atoms with Crippen molar-refractivity contribution in [1.29, 1.82) is 0 Å². The van der Waals surface area contributed by atoms with Gasteiger partial charge in [0.15, 0.2) is 0 Å². The highest BCUT2D eigenvalue weighted by atomic mass is 16.5. The van der Waals surface area contributed by atoms with Crippen LogP contribution in [0.1, 0.15) is 52.9 Å². The molecule has 0 radical (unpaired) electrons. The van der Waals surface area contributed by atoms with E-state index in [1.165, 1.54) is 12.8 Å². The molecule has 0 heterocycles. The number of ether oxygens (including phenoxy) is 2. The first-order valence-corrected chi connectivity index (χ1v) is 7.10. The molecular weight excluding hydrogens is 228 g/mol. The van der Waals surface area contributed by atoms with Crippen LogP contribution in [0.4, 0.5) is 0 Å². The van der Waals surface area contributed by atoms with Gasteiger partial charge >= 0.3 is 5.97 Å². The fourth-order valence-corrected chi connectivity index (χ4v) is 3.89. The zero-order chi connectivity index (χ0) is 13.4. The molecule has 2 fully saturated rings. The minimum Gasteiger partial charge on any atom is -0.462 e. The first-order chi connectivity index (χ1) is 8.41. The maximum absolute atomic E-state index is 11.8. The Labute approximate surface area is 110 Å². The molecule has 104 valence electrons. The Balaban J connectivity index is 1.90. The van der Waals surface area contributed by atoms with Gasteiger partial charge in [-0.05, 0) is 37.0 Å². The van der Waals surface area contributed by atoms with Gasteiger partial charge in [-0.15, -0.1) is 0 Å². The second-order valence-corrected chi connectivity index (χ2v) is 6.69. The summed E-state index contributed by atoms with van der Waals surface area (Å²) in [6.07, 6.45) is 4.90. The normalized spacial score (nSPS) is 36.9. The number of fused-ring (bicyclic) bond motifs is 2. The van der Waals surface area contributed by atoms with Crippen LogP contribution < -0.4 is 0 Å². The Morgan fingerprint density at radius 2 is 2.06 bits per heavy atom. The monoisotopic (exact) mass is 254 g/mol. The SMILES string of the molecule is COCCCC(=O)O[C@@H]1C[C@@H]2CC[C@@]1(C)C2(C)C. The van der Waals surface area contributed by atoms with E-state index in [0.717, 1.165) is 18.8 Å². The maximum atomic E-state index is 11.8. The molecule has 2 aliphatic carbocycles. The topological polar surface area (TPSA) is 35.5 Å². The Hall–Kier alpha value is -0.570. The smallest absolute Gasteiger partial charge is 0.306 e. The molecule has 18 heavy (non-hydrogen) atoms. The molecule has 3 nitrogen and oxygen atoms in total. The molecule has 2 saturated carbocycles. The minimum atomic E-state index is -0.0541. The van der Waals surface area contributed by atoms with Crippen molar-refractivity contribution in [2.75, 3.05) is 13.7 Å². The van der Waals surface area contributed by atoms with E-state index in [1.54, 1.807) is 7.11 Å². The summed E-state index contributed by atoms with van der Waals surface area (Å²) in [6.45, 7) is 7.60. The highest BCUT2D eigenvalue weighted by Gasteiger charge is 2.62. The zero-order valence-corrected chi connectivity index (χ0v) is 12.1. The van der Waals surface area contributed by atoms with Gasteiger partial charge in [0.05, 0.1) is 0 Å². The molecule has 2 aliphatic rings. The predicted octanol–water partition coefficient (Wildman–Crippen LogP) is 3.17. The Bertz CT molecular complexity index is 324. The van der Waals surface area contributed by atoms with Crippen LogP contribution >= 0.6 is 0 Å². The highest BCUT2D eigenvalue weighted by molar-refractivity contribution is 5.69. The lowest BCUT2D eigenvalue weighted by atomic mass is 9.70. The van der Waals surface area contributed by atoms with E-state index in [1.807, 2.05) is 0 Å². The molecule has 2 bridgehead atoms. The van der Waals surface area contributed by atoms with E-state index >= 15 is 0 Å². The van der Waals surface area contributed by atoms with Crippen LogP contribution in [0.15, 0.2) is 0 Å². The highest BCUT2D eigenvalue weighted by Crippen LogP contribution is 2.66. The second kappa shape index (κ2) is 4.84. The van der Waals surface area contributed by atoms with Crippen LogP contribution in [0.3, 0.4) is 0 Å². The van der Waals surface area contributed by atoms with Crippen LogP contribution in [0.2, 0.25) is 0 Å². The Morgan fingerprint density at radius 3 is 2.56 bits per heavy atom. The molecule has 0 aromatic rings. The maximum Gasteiger partial charge on any atom is 0.306 e. The standard InChI is InChI=1S/C15H26O3/c1-14(2)11-7-8-15(14,3)12(10-11)18-13(16)6-5-9-17-4/h11-12H,5-10H2,1-4H3/t11-,12+,15+/m0/s1. The summed E-state index contributed by atoms with van der Waals surface area (Å²) in [5.74, 6) is 0.668. The van der Waals surface area contributed by atoms with Crippen molar-refractivity contribution in [1.82, 2.24) is 0 Å². The van der Waals surface area contributed by atoms with Gasteiger partial charge in [0, 0.05) is 25.6 Å². The zero-order valence-electron chi connectivity index (χ0n) is 12.1. The first kappa shape index (κ1) is 13.9. The second-order valence-electron chi connectivity index (χ2n) is 6.69. The minimum absolute atomic E-state index is 0.0541. The lowest BCUT2D eigenvalue weighted by Gasteiger charge is -2.38. The molecule has 0 aromatic heterocycles. The van der Waals surface area contributed by atoms with Crippen LogP contribution in [0.25, 0.3) is 0 Å². The molecule has 0 aromatic carbocycles. The number of hydrogen-bond donors (Lipinski definition) is 0. The average Bonchev–Trinajstić information content (AvgIpc) is 2.62. The summed E-state index contributed by atoms with van der Waals surface area (Å²) in [7, 11) is 1.66. The number of hydrogen-bond acceptors (Lipinski definition) is 3. The molecule has 3 heteroatoms. The first-order valence-electron chi connectivity index (χ1n) is 7.10. The molecule has 0 N–H and O–H groups in total. The predicted molar refractivity (Wildman–Crippen MR) is 70.2 cm³/mol. The third-order valence-electron chi connectivity index (χ3n) is 5.72. The molecule has 0 unspecified atom stereocenters. The number of methoxy groups -OCH3 is 1. The summed E-state index contributed by atoms with van der Waals surface area (Å²) in [5, 5.41) is 0. The van der Waals surface area contributed by atoms with Crippen molar-refractivity contribution in [2.24, 2.45) is 16.7 Å². The fraction of sp³-hybridized carbons (Fsp3) is 0.933. The van der Waals surface area contributed by atoms with Gasteiger partial charge in [-0.25, -0.2) is 0 Å². The third kappa shape index (κ3) is 2.07. The van der Waals surface area contributed by atoms with E-state index in [-0.39, 0.29) is 17.5 Å². The van der Waals surface area contributed by atoms with Crippen LogP contribution in [0, 0.1) is 16.7 Å². The van der Waals surface area contributed by atoms with Crippen LogP contribution in [-0.2, 0) is 14.3 Å². The van der Waals surface area contributed by atoms with Crippen molar-refractivity contribution in [2.45, 2.75) is 59.0 Å². The molecule has 0 aliphatic heterocycles. The van der Waals surface area contributed by atoms with Crippen LogP contribution in [0.5, 0.6) is 0 Å². The van der Waals surface area contributed by atoms with Crippen molar-refractivity contribution in [3.05, 3.63) is 0 Å². The number of esters is 1. The quantitative estimate of drug-likeness (QED) is 0.558. The third-order valence-corrected chi connectivity index (χ3v) is 5.72. The molecule has 0 saturated heterocycles. The van der Waals surface area contributed by atoms with Gasteiger partial charge in [-0.1, -0.05) is 20.8 Å². The van der Waals surface area contributed by atoms with Gasteiger partial charge in [0.2, 0.25) is 0 Å². The molecule has 0 spiro atoms. The van der Waals surface area contributed by atoms with Gasteiger partial charge < -0.3 is 9.47 Å². The number of rotatable bonds is 5. The average molecular weight is 254 g/mol. The molecule has 2 rings (SSSR count). The van der Waals surface area contributed by atoms with Crippen LogP contribution in [-0.4, -0.2) is 25.8 Å². The van der Waals surface area contributed by atoms with Gasteiger partial charge in [0.1, 0.15) is 6.10 Å². The molecule has 3 atom stereocenters. The van der Waals surface area contributed by atoms with E-state index in [4.69, 9.17) is 9.47 Å². The van der Waals surface area contributed by atoms with E-state index < -0.39 is 0 Å². The van der Waals surface area contributed by atoms with Gasteiger partial charge in [-0.3, -0.25) is 4.79 Å². The van der Waals surface area contributed by atoms with E-state index in [0.29, 0.717) is 18.4 Å². The lowest BCUT2D eigenvalue weighted by molar-refractivity contribution is -0.157. The summed E-state index contributed by atoms with van der Waals surface area (Å²) in [6, 6.07) is 0. The number of carbonyl (C=O) groups excluding carboxylic acids is 1. The molecular formula is C15H26O3. The van der Waals surface area contributed by atoms with Gasteiger partial charge in [-0.2, -0.15) is 0 Å². The van der Waals surface area contributed by atoms with E-state index in [2.05, 4.69) is 20.8 Å². The molecule has 0 amide bonds. The fourth-order valence-electron chi connectivity index (χ4n) is 3.89. The summed E-state index contributed by atoms with van der Waals surface area (Å²) >= 11 is 0. The van der Waals surface area contributed by atoms with Crippen molar-refractivity contribution < 1.29 is 14.3 Å². The van der Waals surface area contributed by atoms with Gasteiger partial charge in [0.25, 0.3) is 0 Å². The van der Waals surface area contributed by atoms with Crippen molar-refractivity contribution in [3.63, 3.8) is 0 Å². The van der Waals surface area contributed by atoms with Crippen molar-refractivity contribution in [3.8, 4) is 0 Å².